The summed E-state index contributed by atoms with van der Waals surface area (Å²) in [6.45, 7) is 8.28. The molecule has 1 rings (SSSR count). The van der Waals surface area contributed by atoms with E-state index in [4.69, 9.17) is 4.74 Å². The molecule has 0 aromatic carbocycles. The average molecular weight is 245 g/mol. The Balaban J connectivity index is 2.09. The maximum atomic E-state index is 9.74. The maximum absolute atomic E-state index is 9.74. The van der Waals surface area contributed by atoms with Gasteiger partial charge in [0.05, 0.1) is 19.3 Å². The fraction of sp³-hybridized carbons (Fsp3) is 1.00. The van der Waals surface area contributed by atoms with Gasteiger partial charge in [-0.3, -0.25) is 4.90 Å². The highest BCUT2D eigenvalue weighted by atomic mass is 16.5. The number of hydrogen-bond acceptors (Lipinski definition) is 5. The third-order valence-corrected chi connectivity index (χ3v) is 2.91. The Morgan fingerprint density at radius 2 is 2.00 bits per heavy atom. The van der Waals surface area contributed by atoms with Crippen molar-refractivity contribution in [2.75, 3.05) is 60.0 Å². The van der Waals surface area contributed by atoms with Crippen LogP contribution in [0.3, 0.4) is 0 Å². The lowest BCUT2D eigenvalue weighted by Crippen LogP contribution is -2.46. The molecule has 0 amide bonds. The summed E-state index contributed by atoms with van der Waals surface area (Å²) in [7, 11) is 3.95. The molecule has 1 heterocycles. The lowest BCUT2D eigenvalue weighted by Gasteiger charge is -2.30. The van der Waals surface area contributed by atoms with Gasteiger partial charge in [-0.25, -0.2) is 0 Å². The molecule has 2 unspecified atom stereocenters. The van der Waals surface area contributed by atoms with E-state index in [1.807, 2.05) is 19.0 Å². The summed E-state index contributed by atoms with van der Waals surface area (Å²) in [4.78, 5) is 4.40. The van der Waals surface area contributed by atoms with E-state index in [9.17, 15) is 5.11 Å². The number of morpholine rings is 1. The van der Waals surface area contributed by atoms with Crippen LogP contribution in [0.15, 0.2) is 0 Å². The quantitative estimate of drug-likeness (QED) is 0.616. The number of aliphatic hydroxyl groups is 1. The van der Waals surface area contributed by atoms with Crippen LogP contribution in [0.25, 0.3) is 0 Å². The predicted molar refractivity (Wildman–Crippen MR) is 69.3 cm³/mol. The van der Waals surface area contributed by atoms with Crippen LogP contribution in [0.4, 0.5) is 0 Å². The lowest BCUT2D eigenvalue weighted by atomic mass is 10.2. The summed E-state index contributed by atoms with van der Waals surface area (Å²) in [5, 5.41) is 13.1. The molecule has 102 valence electrons. The van der Waals surface area contributed by atoms with Gasteiger partial charge in [-0.05, 0) is 21.0 Å². The Bertz CT molecular complexity index is 196. The van der Waals surface area contributed by atoms with Gasteiger partial charge in [0, 0.05) is 38.8 Å². The van der Waals surface area contributed by atoms with E-state index < -0.39 is 0 Å². The highest BCUT2D eigenvalue weighted by Gasteiger charge is 2.14. The molecule has 0 spiro atoms. The van der Waals surface area contributed by atoms with Crippen LogP contribution in [0, 0.1) is 0 Å². The van der Waals surface area contributed by atoms with Gasteiger partial charge in [-0.15, -0.1) is 0 Å². The molecule has 17 heavy (non-hydrogen) atoms. The molecule has 0 aliphatic carbocycles. The average Bonchev–Trinajstić information content (AvgIpc) is 2.27. The summed E-state index contributed by atoms with van der Waals surface area (Å²) < 4.78 is 5.32. The first kappa shape index (κ1) is 14.9. The molecule has 1 aliphatic heterocycles. The van der Waals surface area contributed by atoms with E-state index in [2.05, 4.69) is 17.1 Å². The second-order valence-electron chi connectivity index (χ2n) is 5.14. The first-order chi connectivity index (χ1) is 8.08. The first-order valence-electron chi connectivity index (χ1n) is 6.44. The third-order valence-electron chi connectivity index (χ3n) is 2.91. The van der Waals surface area contributed by atoms with Gasteiger partial charge < -0.3 is 20.1 Å². The minimum Gasteiger partial charge on any atom is -0.390 e. The van der Waals surface area contributed by atoms with Crippen molar-refractivity contribution in [1.29, 1.82) is 0 Å². The second kappa shape index (κ2) is 8.00. The Hall–Kier alpha value is -0.200. The van der Waals surface area contributed by atoms with Crippen LogP contribution in [0.5, 0.6) is 0 Å². The van der Waals surface area contributed by atoms with Crippen molar-refractivity contribution < 1.29 is 9.84 Å². The van der Waals surface area contributed by atoms with Gasteiger partial charge in [-0.2, -0.15) is 0 Å². The maximum Gasteiger partial charge on any atom is 0.0791 e. The topological polar surface area (TPSA) is 48.0 Å². The highest BCUT2D eigenvalue weighted by molar-refractivity contribution is 4.72. The number of aliphatic hydroxyl groups excluding tert-OH is 1. The van der Waals surface area contributed by atoms with Gasteiger partial charge in [-0.1, -0.05) is 0 Å². The number of likely N-dealkylation sites (N-methyl/N-ethyl adjacent to an activating group) is 1. The monoisotopic (exact) mass is 245 g/mol. The van der Waals surface area contributed by atoms with Gasteiger partial charge in [0.1, 0.15) is 0 Å². The molecule has 0 radical (unpaired) electrons. The Labute approximate surface area is 105 Å². The standard InChI is InChI=1S/C12H27N3O2/c1-11(9-15-4-6-17-7-5-15)13-8-12(16)10-14(2)3/h11-13,16H,4-10H2,1-3H3. The summed E-state index contributed by atoms with van der Waals surface area (Å²) >= 11 is 0. The van der Waals surface area contributed by atoms with Crippen molar-refractivity contribution in [2.24, 2.45) is 0 Å². The third kappa shape index (κ3) is 6.95. The number of nitrogens with one attached hydrogen (secondary N) is 1. The molecule has 0 saturated carbocycles. The minimum atomic E-state index is -0.294. The highest BCUT2D eigenvalue weighted by Crippen LogP contribution is 1.98. The summed E-state index contributed by atoms with van der Waals surface area (Å²) in [5.74, 6) is 0. The Morgan fingerprint density at radius 3 is 2.59 bits per heavy atom. The van der Waals surface area contributed by atoms with Crippen molar-refractivity contribution in [3.05, 3.63) is 0 Å². The van der Waals surface area contributed by atoms with Crippen molar-refractivity contribution in [1.82, 2.24) is 15.1 Å². The van der Waals surface area contributed by atoms with Crippen LogP contribution in [-0.4, -0.2) is 87.1 Å². The van der Waals surface area contributed by atoms with Crippen molar-refractivity contribution in [3.63, 3.8) is 0 Å². The normalized spacial score (nSPS) is 21.7. The van der Waals surface area contributed by atoms with E-state index in [1.54, 1.807) is 0 Å². The van der Waals surface area contributed by atoms with E-state index in [0.29, 0.717) is 19.1 Å². The van der Waals surface area contributed by atoms with Crippen LogP contribution in [0.1, 0.15) is 6.92 Å². The van der Waals surface area contributed by atoms with Crippen LogP contribution in [0.2, 0.25) is 0 Å². The molecule has 1 fully saturated rings. The van der Waals surface area contributed by atoms with Gasteiger partial charge in [0.2, 0.25) is 0 Å². The molecule has 5 heteroatoms. The Morgan fingerprint density at radius 1 is 1.35 bits per heavy atom. The smallest absolute Gasteiger partial charge is 0.0791 e. The zero-order chi connectivity index (χ0) is 12.7. The van der Waals surface area contributed by atoms with Gasteiger partial charge in [0.25, 0.3) is 0 Å². The number of rotatable bonds is 7. The van der Waals surface area contributed by atoms with Crippen LogP contribution >= 0.6 is 0 Å². The van der Waals surface area contributed by atoms with E-state index in [1.165, 1.54) is 0 Å². The lowest BCUT2D eigenvalue weighted by molar-refractivity contribution is 0.0334. The molecular formula is C12H27N3O2. The SMILES string of the molecule is CC(CN1CCOCC1)NCC(O)CN(C)C. The van der Waals surface area contributed by atoms with Gasteiger partial charge in [0.15, 0.2) is 0 Å². The largest absolute Gasteiger partial charge is 0.390 e. The summed E-state index contributed by atoms with van der Waals surface area (Å²) in [5.41, 5.74) is 0. The van der Waals surface area contributed by atoms with Gasteiger partial charge >= 0.3 is 0 Å². The van der Waals surface area contributed by atoms with Crippen LogP contribution in [-0.2, 0) is 4.74 Å². The summed E-state index contributed by atoms with van der Waals surface area (Å²) in [6.07, 6.45) is -0.294. The molecule has 2 N–H and O–H groups in total. The number of hydrogen-bond donors (Lipinski definition) is 2. The van der Waals surface area contributed by atoms with E-state index >= 15 is 0 Å². The first-order valence-corrected chi connectivity index (χ1v) is 6.44. The fourth-order valence-corrected chi connectivity index (χ4v) is 2.06. The minimum absolute atomic E-state index is 0.294. The molecule has 0 bridgehead atoms. The molecule has 0 aromatic rings. The Kier molecular flexibility index (Phi) is 6.99. The number of ether oxygens (including phenoxy) is 1. The van der Waals surface area contributed by atoms with Crippen molar-refractivity contribution in [2.45, 2.75) is 19.1 Å². The number of nitrogens with zero attached hydrogens (tertiary/aromatic N) is 2. The summed E-state index contributed by atoms with van der Waals surface area (Å²) in [6, 6.07) is 0.407. The van der Waals surface area contributed by atoms with Crippen LogP contribution < -0.4 is 5.32 Å². The predicted octanol–water partition coefficient (Wildman–Crippen LogP) is -0.781. The molecule has 0 aromatic heterocycles. The van der Waals surface area contributed by atoms with Crippen molar-refractivity contribution in [3.8, 4) is 0 Å². The molecule has 1 saturated heterocycles. The van der Waals surface area contributed by atoms with E-state index in [0.717, 1.165) is 32.8 Å². The zero-order valence-corrected chi connectivity index (χ0v) is 11.4. The van der Waals surface area contributed by atoms with E-state index in [-0.39, 0.29) is 6.10 Å². The molecule has 1 aliphatic rings. The van der Waals surface area contributed by atoms with Crippen molar-refractivity contribution >= 4 is 0 Å². The zero-order valence-electron chi connectivity index (χ0n) is 11.4. The second-order valence-corrected chi connectivity index (χ2v) is 5.14. The molecule has 2 atom stereocenters. The molecular weight excluding hydrogens is 218 g/mol. The molecule has 5 nitrogen and oxygen atoms in total. The fourth-order valence-electron chi connectivity index (χ4n) is 2.06.